The standard InChI is InChI=1S/C25H23F2N3O2S/c1-25(2)31-14-19(32-25)9-16-10-20(27)23(28-13-16)17-5-3-15(4-6-17)12-29-24-30-21-8-7-18(26)11-22(21)33-24/h3-8,10-11,13,19H,9,12,14H2,1-2H3,(H,29,30). The fraction of sp³-hybridized carbons (Fsp3) is 0.280. The SMILES string of the molecule is CC1(C)OCC(Cc2cnc(-c3ccc(CNc4nc5ccc(F)cc5s4)cc3)c(F)c2)O1. The van der Waals surface area contributed by atoms with Crippen molar-refractivity contribution in [3.63, 3.8) is 0 Å². The number of pyridine rings is 1. The molecule has 2 aromatic heterocycles. The molecule has 1 atom stereocenters. The summed E-state index contributed by atoms with van der Waals surface area (Å²) in [5.41, 5.74) is 3.58. The van der Waals surface area contributed by atoms with Gasteiger partial charge in [0.05, 0.1) is 22.9 Å². The van der Waals surface area contributed by atoms with Crippen LogP contribution in [0.4, 0.5) is 13.9 Å². The fourth-order valence-corrected chi connectivity index (χ4v) is 4.75. The molecule has 1 saturated heterocycles. The van der Waals surface area contributed by atoms with Crippen LogP contribution in [0, 0.1) is 11.6 Å². The molecule has 0 aliphatic carbocycles. The van der Waals surface area contributed by atoms with Crippen molar-refractivity contribution in [3.8, 4) is 11.3 Å². The Labute approximate surface area is 194 Å². The predicted molar refractivity (Wildman–Crippen MR) is 125 cm³/mol. The van der Waals surface area contributed by atoms with E-state index in [9.17, 15) is 8.78 Å². The van der Waals surface area contributed by atoms with Crippen LogP contribution in [0.5, 0.6) is 0 Å². The maximum atomic E-state index is 14.8. The van der Waals surface area contributed by atoms with Crippen LogP contribution in [0.25, 0.3) is 21.5 Å². The molecule has 1 unspecified atom stereocenters. The molecule has 1 aliphatic heterocycles. The molecule has 0 spiro atoms. The summed E-state index contributed by atoms with van der Waals surface area (Å²) in [6.07, 6.45) is 2.14. The third-order valence-electron chi connectivity index (χ3n) is 5.45. The minimum atomic E-state index is -0.599. The molecule has 1 aliphatic rings. The number of thiazole rings is 1. The third kappa shape index (κ3) is 5.03. The van der Waals surface area contributed by atoms with Crippen molar-refractivity contribution in [2.24, 2.45) is 0 Å². The summed E-state index contributed by atoms with van der Waals surface area (Å²) in [5.74, 6) is -1.23. The highest BCUT2D eigenvalue weighted by Crippen LogP contribution is 2.28. The number of ether oxygens (including phenoxy) is 2. The van der Waals surface area contributed by atoms with E-state index in [-0.39, 0.29) is 17.7 Å². The second-order valence-electron chi connectivity index (χ2n) is 8.51. The summed E-state index contributed by atoms with van der Waals surface area (Å²) in [7, 11) is 0. The van der Waals surface area contributed by atoms with Crippen molar-refractivity contribution in [2.75, 3.05) is 11.9 Å². The van der Waals surface area contributed by atoms with Crippen molar-refractivity contribution in [2.45, 2.75) is 38.7 Å². The normalized spacial score (nSPS) is 17.5. The fourth-order valence-electron chi connectivity index (χ4n) is 3.86. The van der Waals surface area contributed by atoms with Crippen molar-refractivity contribution >= 4 is 26.7 Å². The van der Waals surface area contributed by atoms with Crippen molar-refractivity contribution in [1.82, 2.24) is 9.97 Å². The minimum Gasteiger partial charge on any atom is -0.357 e. The minimum absolute atomic E-state index is 0.103. The number of halogens is 2. The smallest absolute Gasteiger partial charge is 0.184 e. The quantitative estimate of drug-likeness (QED) is 0.380. The molecular weight excluding hydrogens is 444 g/mol. The third-order valence-corrected chi connectivity index (χ3v) is 6.43. The summed E-state index contributed by atoms with van der Waals surface area (Å²) in [5, 5.41) is 3.99. The van der Waals surface area contributed by atoms with Crippen LogP contribution < -0.4 is 5.32 Å². The zero-order valence-corrected chi connectivity index (χ0v) is 19.1. The lowest BCUT2D eigenvalue weighted by atomic mass is 10.1. The van der Waals surface area contributed by atoms with Gasteiger partial charge in [-0.25, -0.2) is 13.8 Å². The number of aromatic nitrogens is 2. The van der Waals surface area contributed by atoms with Crippen LogP contribution in [-0.2, 0) is 22.4 Å². The van der Waals surface area contributed by atoms with Gasteiger partial charge in [-0.1, -0.05) is 35.6 Å². The van der Waals surface area contributed by atoms with Gasteiger partial charge in [-0.3, -0.25) is 4.98 Å². The van der Waals surface area contributed by atoms with E-state index >= 15 is 0 Å². The molecule has 1 fully saturated rings. The first kappa shape index (κ1) is 21.9. The highest BCUT2D eigenvalue weighted by atomic mass is 32.1. The summed E-state index contributed by atoms with van der Waals surface area (Å²) in [6, 6.07) is 13.6. The Kier molecular flexibility index (Phi) is 5.82. The monoisotopic (exact) mass is 467 g/mol. The number of benzene rings is 2. The lowest BCUT2D eigenvalue weighted by Crippen LogP contribution is -2.22. The molecular formula is C25H23F2N3O2S. The van der Waals surface area contributed by atoms with Crippen molar-refractivity contribution in [1.29, 1.82) is 0 Å². The number of anilines is 1. The molecule has 5 nitrogen and oxygen atoms in total. The molecule has 0 bridgehead atoms. The van der Waals surface area contributed by atoms with Crippen molar-refractivity contribution < 1.29 is 18.3 Å². The zero-order valence-electron chi connectivity index (χ0n) is 18.3. The molecule has 33 heavy (non-hydrogen) atoms. The maximum absolute atomic E-state index is 14.8. The van der Waals surface area contributed by atoms with E-state index < -0.39 is 5.79 Å². The topological polar surface area (TPSA) is 56.3 Å². The van der Waals surface area contributed by atoms with E-state index in [1.165, 1.54) is 29.5 Å². The maximum Gasteiger partial charge on any atom is 0.184 e. The van der Waals surface area contributed by atoms with Gasteiger partial charge >= 0.3 is 0 Å². The van der Waals surface area contributed by atoms with Crippen LogP contribution in [0.1, 0.15) is 25.0 Å². The summed E-state index contributed by atoms with van der Waals surface area (Å²) >= 11 is 1.41. The summed E-state index contributed by atoms with van der Waals surface area (Å²) in [4.78, 5) is 8.82. The molecule has 8 heteroatoms. The molecule has 4 aromatic rings. The lowest BCUT2D eigenvalue weighted by Gasteiger charge is -2.17. The lowest BCUT2D eigenvalue weighted by molar-refractivity contribution is -0.138. The number of hydrogen-bond acceptors (Lipinski definition) is 6. The van der Waals surface area contributed by atoms with Crippen LogP contribution in [0.15, 0.2) is 54.7 Å². The van der Waals surface area contributed by atoms with E-state index in [0.29, 0.717) is 30.8 Å². The van der Waals surface area contributed by atoms with Gasteiger partial charge in [0.1, 0.15) is 17.3 Å². The van der Waals surface area contributed by atoms with Gasteiger partial charge < -0.3 is 14.8 Å². The second kappa shape index (κ2) is 8.78. The first-order valence-corrected chi connectivity index (χ1v) is 11.5. The van der Waals surface area contributed by atoms with E-state index in [4.69, 9.17) is 9.47 Å². The highest BCUT2D eigenvalue weighted by molar-refractivity contribution is 7.22. The molecule has 5 rings (SSSR count). The van der Waals surface area contributed by atoms with E-state index in [2.05, 4.69) is 15.3 Å². The van der Waals surface area contributed by atoms with Gasteiger partial charge in [0.2, 0.25) is 0 Å². The summed E-state index contributed by atoms with van der Waals surface area (Å²) in [6.45, 7) is 4.78. The van der Waals surface area contributed by atoms with Crippen LogP contribution in [0.2, 0.25) is 0 Å². The highest BCUT2D eigenvalue weighted by Gasteiger charge is 2.32. The Bertz CT molecular complexity index is 1290. The number of nitrogens with one attached hydrogen (secondary N) is 1. The number of nitrogens with zero attached hydrogens (tertiary/aromatic N) is 2. The Morgan fingerprint density at radius 2 is 1.91 bits per heavy atom. The van der Waals surface area contributed by atoms with E-state index in [1.807, 2.05) is 38.1 Å². The number of hydrogen-bond donors (Lipinski definition) is 1. The van der Waals surface area contributed by atoms with E-state index in [1.54, 1.807) is 12.3 Å². The molecule has 2 aromatic carbocycles. The van der Waals surface area contributed by atoms with Crippen molar-refractivity contribution in [3.05, 3.63) is 77.5 Å². The Morgan fingerprint density at radius 1 is 1.09 bits per heavy atom. The van der Waals surface area contributed by atoms with E-state index in [0.717, 1.165) is 26.5 Å². The first-order chi connectivity index (χ1) is 15.8. The molecule has 3 heterocycles. The molecule has 0 amide bonds. The zero-order chi connectivity index (χ0) is 23.0. The van der Waals surface area contributed by atoms with Gasteiger partial charge in [0, 0.05) is 24.7 Å². The Hall–Kier alpha value is -2.94. The summed E-state index contributed by atoms with van der Waals surface area (Å²) < 4.78 is 40.3. The van der Waals surface area contributed by atoms with Crippen LogP contribution in [-0.4, -0.2) is 28.5 Å². The molecule has 0 radical (unpaired) electrons. The average Bonchev–Trinajstić information content (AvgIpc) is 3.34. The van der Waals surface area contributed by atoms with Gasteiger partial charge in [-0.15, -0.1) is 0 Å². The average molecular weight is 468 g/mol. The Morgan fingerprint density at radius 3 is 2.64 bits per heavy atom. The van der Waals surface area contributed by atoms with Gasteiger partial charge in [0.15, 0.2) is 10.9 Å². The number of rotatable bonds is 6. The molecule has 1 N–H and O–H groups in total. The van der Waals surface area contributed by atoms with Gasteiger partial charge in [0.25, 0.3) is 0 Å². The van der Waals surface area contributed by atoms with Crippen LogP contribution in [0.3, 0.4) is 0 Å². The van der Waals surface area contributed by atoms with Crippen LogP contribution >= 0.6 is 11.3 Å². The Balaban J connectivity index is 1.23. The predicted octanol–water partition coefficient (Wildman–Crippen LogP) is 5.94. The first-order valence-electron chi connectivity index (χ1n) is 10.7. The largest absolute Gasteiger partial charge is 0.357 e. The number of fused-ring (bicyclic) bond motifs is 1. The second-order valence-corrected chi connectivity index (χ2v) is 9.54. The molecule has 0 saturated carbocycles. The molecule has 170 valence electrons. The van der Waals surface area contributed by atoms with Gasteiger partial charge in [-0.05, 0) is 49.2 Å². The van der Waals surface area contributed by atoms with Gasteiger partial charge in [-0.2, -0.15) is 0 Å².